The second-order valence-electron chi connectivity index (χ2n) is 4.28. The second-order valence-corrected chi connectivity index (χ2v) is 8.48. The van der Waals surface area contributed by atoms with Crippen LogP contribution in [0.25, 0.3) is 0 Å². The Hall–Kier alpha value is -0.0917. The Morgan fingerprint density at radius 3 is 2.12 bits per heavy atom. The van der Waals surface area contributed by atoms with Crippen molar-refractivity contribution in [2.24, 2.45) is 0 Å². The molecule has 0 heterocycles. The number of hydrogen-bond acceptors (Lipinski definition) is 0. The molecule has 0 bridgehead atoms. The molecule has 0 fully saturated rings. The van der Waals surface area contributed by atoms with Crippen LogP contribution in [0.4, 0.5) is 0 Å². The molecule has 16 heavy (non-hydrogen) atoms. The molecule has 0 radical (unpaired) electrons. The summed E-state index contributed by atoms with van der Waals surface area (Å²) in [7, 11) is 0. The molecular formula is C15H24W. The molecule has 0 aromatic heterocycles. The normalized spacial score (nSPS) is 10.6. The van der Waals surface area contributed by atoms with Crippen molar-refractivity contribution in [2.75, 3.05) is 0 Å². The fourth-order valence-electron chi connectivity index (χ4n) is 1.77. The van der Waals surface area contributed by atoms with Gasteiger partial charge < -0.3 is 0 Å². The number of hydrogen-bond donors (Lipinski definition) is 0. The molecular weight excluding hydrogens is 364 g/mol. The van der Waals surface area contributed by atoms with Gasteiger partial charge in [-0.2, -0.15) is 0 Å². The zero-order chi connectivity index (χ0) is 11.5. The predicted octanol–water partition coefficient (Wildman–Crippen LogP) is 4.56. The van der Waals surface area contributed by atoms with Crippen molar-refractivity contribution in [3.05, 3.63) is 30.3 Å². The first-order valence-corrected chi connectivity index (χ1v) is 10.2. The average Bonchev–Trinajstić information content (AvgIpc) is 2.34. The third-order valence-corrected chi connectivity index (χ3v) is 6.71. The molecule has 0 spiro atoms. The minimum absolute atomic E-state index is 0.198. The zero-order valence-electron chi connectivity index (χ0n) is 10.5. The molecule has 1 aromatic rings. The van der Waals surface area contributed by atoms with Crippen molar-refractivity contribution in [1.29, 1.82) is 0 Å². The Balaban J connectivity index is 1.89. The Bertz CT molecular complexity index is 243. The van der Waals surface area contributed by atoms with Crippen LogP contribution >= 0.6 is 0 Å². The molecule has 0 nitrogen and oxygen atoms in total. The molecule has 1 heteroatoms. The van der Waals surface area contributed by atoms with Crippen LogP contribution in [0.2, 0.25) is 4.81 Å². The van der Waals surface area contributed by atoms with Gasteiger partial charge in [0.25, 0.3) is 0 Å². The Morgan fingerprint density at radius 1 is 0.812 bits per heavy atom. The molecule has 0 amide bonds. The van der Waals surface area contributed by atoms with Gasteiger partial charge in [0.1, 0.15) is 0 Å². The van der Waals surface area contributed by atoms with E-state index >= 15 is 0 Å². The van der Waals surface area contributed by atoms with Crippen LogP contribution in [0.15, 0.2) is 30.3 Å². The summed E-state index contributed by atoms with van der Waals surface area (Å²) in [5.41, 5.74) is 0. The van der Waals surface area contributed by atoms with Gasteiger partial charge >= 0.3 is 110 Å². The van der Waals surface area contributed by atoms with E-state index in [1.165, 1.54) is 49.8 Å². The fourth-order valence-corrected chi connectivity index (χ4v) is 5.12. The minimum atomic E-state index is -0.198. The predicted molar refractivity (Wildman–Crippen MR) is 68.9 cm³/mol. The van der Waals surface area contributed by atoms with Crippen LogP contribution in [-0.2, 0) is 18.6 Å². The van der Waals surface area contributed by atoms with Gasteiger partial charge in [0.15, 0.2) is 0 Å². The van der Waals surface area contributed by atoms with Gasteiger partial charge in [0.05, 0.1) is 0 Å². The third-order valence-electron chi connectivity index (χ3n) is 2.76. The summed E-state index contributed by atoms with van der Waals surface area (Å²) in [6.45, 7) is 2.28. The number of benzene rings is 1. The van der Waals surface area contributed by atoms with Crippen LogP contribution < -0.4 is 3.95 Å². The summed E-state index contributed by atoms with van der Waals surface area (Å²) in [4.78, 5) is 1.53. The van der Waals surface area contributed by atoms with Crippen LogP contribution in [0.5, 0.6) is 0 Å². The monoisotopic (exact) mass is 388 g/mol. The van der Waals surface area contributed by atoms with Gasteiger partial charge in [-0.05, 0) is 0 Å². The maximum absolute atomic E-state index is 2.31. The van der Waals surface area contributed by atoms with Gasteiger partial charge in [0, 0.05) is 0 Å². The average molecular weight is 388 g/mol. The molecule has 0 aliphatic rings. The summed E-state index contributed by atoms with van der Waals surface area (Å²) in [6, 6.07) is 11.1. The van der Waals surface area contributed by atoms with Crippen LogP contribution in [-0.4, -0.2) is 0 Å². The van der Waals surface area contributed by atoms with Crippen LogP contribution in [0.3, 0.4) is 0 Å². The first-order chi connectivity index (χ1) is 7.93. The van der Waals surface area contributed by atoms with E-state index < -0.39 is 0 Å². The molecule has 0 N–H and O–H groups in total. The Morgan fingerprint density at radius 2 is 1.44 bits per heavy atom. The molecule has 0 aliphatic heterocycles. The third kappa shape index (κ3) is 7.23. The first-order valence-electron chi connectivity index (χ1n) is 6.61. The maximum atomic E-state index is 2.31. The fraction of sp³-hybridized carbons (Fsp3) is 0.600. The van der Waals surface area contributed by atoms with Crippen LogP contribution in [0, 0.1) is 0 Å². The van der Waals surface area contributed by atoms with E-state index in [0.29, 0.717) is 0 Å². The molecule has 0 unspecified atom stereocenters. The van der Waals surface area contributed by atoms with E-state index in [2.05, 4.69) is 37.3 Å². The van der Waals surface area contributed by atoms with E-state index in [1.54, 1.807) is 3.95 Å². The molecule has 0 saturated carbocycles. The molecule has 0 saturated heterocycles. The molecule has 0 atom stereocenters. The molecule has 0 aliphatic carbocycles. The summed E-state index contributed by atoms with van der Waals surface area (Å²) in [5.74, 6) is 0. The molecule has 90 valence electrons. The summed E-state index contributed by atoms with van der Waals surface area (Å²) in [5, 5.41) is 0. The van der Waals surface area contributed by atoms with Gasteiger partial charge in [-0.15, -0.1) is 0 Å². The summed E-state index contributed by atoms with van der Waals surface area (Å²) >= 11 is -0.198. The van der Waals surface area contributed by atoms with E-state index in [9.17, 15) is 0 Å². The molecule has 1 rings (SSSR count). The standard InChI is InChI=1S/C9H19.C6H5.W/c1-3-5-7-9-8-6-4-2;1-2-4-6-5-3-1;/h1,3-9H2,2H3;1-5H;. The van der Waals surface area contributed by atoms with Gasteiger partial charge in [0.2, 0.25) is 0 Å². The van der Waals surface area contributed by atoms with Crippen molar-refractivity contribution >= 4 is 3.95 Å². The van der Waals surface area contributed by atoms with Crippen molar-refractivity contribution in [3.8, 4) is 0 Å². The number of unbranched alkanes of at least 4 members (excludes halogenated alkanes) is 6. The van der Waals surface area contributed by atoms with Crippen LogP contribution in [0.1, 0.15) is 51.9 Å². The van der Waals surface area contributed by atoms with Crippen molar-refractivity contribution in [2.45, 2.75) is 56.7 Å². The second kappa shape index (κ2) is 10.1. The number of rotatable bonds is 9. The first kappa shape index (κ1) is 14.0. The Kier molecular flexibility index (Phi) is 8.81. The quantitative estimate of drug-likeness (QED) is 0.544. The van der Waals surface area contributed by atoms with Crippen molar-refractivity contribution < 1.29 is 18.6 Å². The zero-order valence-corrected chi connectivity index (χ0v) is 13.4. The van der Waals surface area contributed by atoms with Gasteiger partial charge in [-0.3, -0.25) is 0 Å². The summed E-state index contributed by atoms with van der Waals surface area (Å²) < 4.78 is 1.66. The van der Waals surface area contributed by atoms with Gasteiger partial charge in [-0.25, -0.2) is 0 Å². The van der Waals surface area contributed by atoms with Gasteiger partial charge in [-0.1, -0.05) is 0 Å². The topological polar surface area (TPSA) is 0 Å². The van der Waals surface area contributed by atoms with E-state index in [0.717, 1.165) is 0 Å². The molecule has 1 aromatic carbocycles. The Labute approximate surface area is 109 Å². The SMILES string of the molecule is CCCCCCCC[CH2][W][c]1ccccc1. The van der Waals surface area contributed by atoms with Crippen molar-refractivity contribution in [1.82, 2.24) is 0 Å². The summed E-state index contributed by atoms with van der Waals surface area (Å²) in [6.07, 6.45) is 10.1. The van der Waals surface area contributed by atoms with Crippen molar-refractivity contribution in [3.63, 3.8) is 0 Å². The van der Waals surface area contributed by atoms with E-state index in [4.69, 9.17) is 0 Å². The van der Waals surface area contributed by atoms with E-state index in [1.807, 2.05) is 0 Å². The van der Waals surface area contributed by atoms with E-state index in [-0.39, 0.29) is 18.6 Å².